The lowest BCUT2D eigenvalue weighted by molar-refractivity contribution is 0.537. The highest BCUT2D eigenvalue weighted by Crippen LogP contribution is 2.01. The normalized spacial score (nSPS) is 14.8. The van der Waals surface area contributed by atoms with Crippen LogP contribution in [0.5, 0.6) is 0 Å². The summed E-state index contributed by atoms with van der Waals surface area (Å²) < 4.78 is 24.0. The van der Waals surface area contributed by atoms with E-state index in [4.69, 9.17) is 0 Å². The third kappa shape index (κ3) is 6.77. The molecule has 0 aliphatic rings. The monoisotopic (exact) mass is 243 g/mol. The molecule has 0 heterocycles. The van der Waals surface area contributed by atoms with E-state index in [-0.39, 0.29) is 6.04 Å². The van der Waals surface area contributed by atoms with Gasteiger partial charge in [-0.05, 0) is 12.8 Å². The van der Waals surface area contributed by atoms with E-state index in [0.29, 0.717) is 0 Å². The predicted molar refractivity (Wildman–Crippen MR) is 50.5 cm³/mol. The van der Waals surface area contributed by atoms with Crippen molar-refractivity contribution in [1.29, 1.82) is 0 Å². The molecule has 0 aromatic rings. The van der Waals surface area contributed by atoms with Crippen molar-refractivity contribution in [2.45, 2.75) is 25.8 Å². The number of alkyl halides is 1. The van der Waals surface area contributed by atoms with E-state index in [2.05, 4.69) is 20.7 Å². The van der Waals surface area contributed by atoms with E-state index < -0.39 is 10.0 Å². The molecule has 0 amide bonds. The van der Waals surface area contributed by atoms with Gasteiger partial charge in [-0.3, -0.25) is 0 Å². The highest BCUT2D eigenvalue weighted by molar-refractivity contribution is 9.09. The van der Waals surface area contributed by atoms with Crippen LogP contribution < -0.4 is 4.72 Å². The largest absolute Gasteiger partial charge is 0.213 e. The number of halogens is 1. The Kier molecular flexibility index (Phi) is 5.29. The van der Waals surface area contributed by atoms with Crippen LogP contribution in [0.1, 0.15) is 19.8 Å². The van der Waals surface area contributed by atoms with Crippen molar-refractivity contribution >= 4 is 26.0 Å². The highest BCUT2D eigenvalue weighted by atomic mass is 79.9. The Morgan fingerprint density at radius 1 is 1.55 bits per heavy atom. The van der Waals surface area contributed by atoms with E-state index in [9.17, 15) is 8.42 Å². The quantitative estimate of drug-likeness (QED) is 0.736. The Morgan fingerprint density at radius 2 is 2.09 bits per heavy atom. The van der Waals surface area contributed by atoms with Gasteiger partial charge in [0.15, 0.2) is 0 Å². The Labute approximate surface area is 76.7 Å². The third-order valence-corrected chi connectivity index (χ3v) is 2.55. The Balaban J connectivity index is 3.88. The zero-order valence-electron chi connectivity index (χ0n) is 6.80. The van der Waals surface area contributed by atoms with Crippen LogP contribution >= 0.6 is 15.9 Å². The van der Waals surface area contributed by atoms with Gasteiger partial charge in [-0.2, -0.15) is 0 Å². The lowest BCUT2D eigenvalue weighted by Crippen LogP contribution is -2.33. The molecule has 3 nitrogen and oxygen atoms in total. The maximum Gasteiger partial charge on any atom is 0.208 e. The van der Waals surface area contributed by atoms with Gasteiger partial charge in [0.1, 0.15) is 0 Å². The predicted octanol–water partition coefficient (Wildman–Crippen LogP) is 1.10. The maximum absolute atomic E-state index is 10.7. The summed E-state index contributed by atoms with van der Waals surface area (Å²) in [6.07, 6.45) is 2.85. The molecule has 0 radical (unpaired) electrons. The van der Waals surface area contributed by atoms with Crippen LogP contribution in [0, 0.1) is 0 Å². The molecule has 0 saturated heterocycles. The molecule has 5 heteroatoms. The van der Waals surface area contributed by atoms with Crippen LogP contribution in [0.2, 0.25) is 0 Å². The lowest BCUT2D eigenvalue weighted by Gasteiger charge is -2.12. The number of nitrogens with one attached hydrogen (secondary N) is 1. The van der Waals surface area contributed by atoms with Crippen LogP contribution in [0.25, 0.3) is 0 Å². The zero-order valence-corrected chi connectivity index (χ0v) is 9.20. The van der Waals surface area contributed by atoms with Gasteiger partial charge in [0.2, 0.25) is 10.0 Å². The van der Waals surface area contributed by atoms with Gasteiger partial charge < -0.3 is 0 Å². The van der Waals surface area contributed by atoms with E-state index >= 15 is 0 Å². The molecule has 68 valence electrons. The van der Waals surface area contributed by atoms with E-state index in [0.717, 1.165) is 18.2 Å². The Hall–Kier alpha value is 0.390. The topological polar surface area (TPSA) is 46.2 Å². The van der Waals surface area contributed by atoms with Gasteiger partial charge in [0.05, 0.1) is 6.26 Å². The van der Waals surface area contributed by atoms with Crippen LogP contribution in [0.15, 0.2) is 0 Å². The summed E-state index contributed by atoms with van der Waals surface area (Å²) in [4.78, 5) is 0. The minimum atomic E-state index is -3.03. The molecule has 0 aromatic carbocycles. The molecule has 0 saturated carbocycles. The minimum Gasteiger partial charge on any atom is -0.213 e. The van der Waals surface area contributed by atoms with Gasteiger partial charge in [-0.1, -0.05) is 22.9 Å². The smallest absolute Gasteiger partial charge is 0.208 e. The molecule has 0 aromatic heterocycles. The molecule has 1 N–H and O–H groups in total. The van der Waals surface area contributed by atoms with E-state index in [1.54, 1.807) is 0 Å². The molecule has 0 aliphatic carbocycles. The summed E-state index contributed by atoms with van der Waals surface area (Å²) in [6, 6.07) is 0.0735. The fourth-order valence-corrected chi connectivity index (χ4v) is 2.22. The Bertz CT molecular complexity index is 191. The number of hydrogen-bond acceptors (Lipinski definition) is 2. The first-order chi connectivity index (χ1) is 4.99. The molecule has 0 rings (SSSR count). The molecule has 1 atom stereocenters. The van der Waals surface area contributed by atoms with Crippen molar-refractivity contribution in [2.75, 3.05) is 11.6 Å². The van der Waals surface area contributed by atoms with Gasteiger partial charge in [-0.15, -0.1) is 0 Å². The first-order valence-electron chi connectivity index (χ1n) is 3.53. The standard InChI is InChI=1S/C6H14BrNO2S/c1-3-6(4-5-7)8-11(2,9)10/h6,8H,3-5H2,1-2H3. The number of hydrogen-bond donors (Lipinski definition) is 1. The summed E-state index contributed by atoms with van der Waals surface area (Å²) in [6.45, 7) is 1.96. The molecule has 11 heavy (non-hydrogen) atoms. The van der Waals surface area contributed by atoms with E-state index in [1.807, 2.05) is 6.92 Å². The fraction of sp³-hybridized carbons (Fsp3) is 1.00. The Morgan fingerprint density at radius 3 is 2.36 bits per heavy atom. The number of rotatable bonds is 5. The van der Waals surface area contributed by atoms with Crippen LogP contribution in [0.4, 0.5) is 0 Å². The van der Waals surface area contributed by atoms with Gasteiger partial charge in [-0.25, -0.2) is 13.1 Å². The van der Waals surface area contributed by atoms with Crippen molar-refractivity contribution in [2.24, 2.45) is 0 Å². The minimum absolute atomic E-state index is 0.0735. The SMILES string of the molecule is CCC(CCBr)NS(C)(=O)=O. The first-order valence-corrected chi connectivity index (χ1v) is 6.54. The highest BCUT2D eigenvalue weighted by Gasteiger charge is 2.09. The van der Waals surface area contributed by atoms with Crippen molar-refractivity contribution < 1.29 is 8.42 Å². The zero-order chi connectivity index (χ0) is 8.91. The molecule has 0 spiro atoms. The second kappa shape index (κ2) is 5.11. The fourth-order valence-electron chi connectivity index (χ4n) is 0.781. The van der Waals surface area contributed by atoms with Crippen LogP contribution in [-0.4, -0.2) is 26.0 Å². The lowest BCUT2D eigenvalue weighted by atomic mass is 10.2. The molecular formula is C6H14BrNO2S. The van der Waals surface area contributed by atoms with Gasteiger partial charge in [0.25, 0.3) is 0 Å². The van der Waals surface area contributed by atoms with Crippen LogP contribution in [0.3, 0.4) is 0 Å². The van der Waals surface area contributed by atoms with Crippen molar-refractivity contribution in [3.63, 3.8) is 0 Å². The van der Waals surface area contributed by atoms with Crippen molar-refractivity contribution in [3.8, 4) is 0 Å². The molecule has 1 unspecified atom stereocenters. The average Bonchev–Trinajstić information content (AvgIpc) is 1.84. The molecule has 0 bridgehead atoms. The van der Waals surface area contributed by atoms with Crippen molar-refractivity contribution in [1.82, 2.24) is 4.72 Å². The first kappa shape index (κ1) is 11.4. The van der Waals surface area contributed by atoms with Gasteiger partial charge in [0, 0.05) is 11.4 Å². The van der Waals surface area contributed by atoms with Gasteiger partial charge >= 0.3 is 0 Å². The van der Waals surface area contributed by atoms with E-state index in [1.165, 1.54) is 6.26 Å². The second-order valence-electron chi connectivity index (χ2n) is 2.47. The molecule has 0 fully saturated rings. The summed E-state index contributed by atoms with van der Waals surface area (Å²) >= 11 is 3.26. The summed E-state index contributed by atoms with van der Waals surface area (Å²) in [7, 11) is -3.03. The average molecular weight is 244 g/mol. The summed E-state index contributed by atoms with van der Waals surface area (Å²) in [5, 5.41) is 0.827. The van der Waals surface area contributed by atoms with Crippen LogP contribution in [-0.2, 0) is 10.0 Å². The molecular weight excluding hydrogens is 230 g/mol. The summed E-state index contributed by atoms with van der Waals surface area (Å²) in [5.41, 5.74) is 0. The maximum atomic E-state index is 10.7. The molecule has 0 aliphatic heterocycles. The second-order valence-corrected chi connectivity index (χ2v) is 5.05. The summed E-state index contributed by atoms with van der Waals surface area (Å²) in [5.74, 6) is 0. The number of sulfonamides is 1. The third-order valence-electron chi connectivity index (χ3n) is 1.33. The van der Waals surface area contributed by atoms with Crippen molar-refractivity contribution in [3.05, 3.63) is 0 Å².